The highest BCUT2D eigenvalue weighted by atomic mass is 16.2. The molecule has 1 N–H and O–H groups in total. The summed E-state index contributed by atoms with van der Waals surface area (Å²) in [5.41, 5.74) is 2.12. The largest absolute Gasteiger partial charge is 0.310 e. The van der Waals surface area contributed by atoms with Crippen molar-refractivity contribution in [1.82, 2.24) is 4.98 Å². The molecule has 2 fully saturated rings. The minimum atomic E-state index is 0.00322. The van der Waals surface area contributed by atoms with Gasteiger partial charge in [-0.1, -0.05) is 12.1 Å². The molecule has 0 bridgehead atoms. The fraction of sp³-hybridized carbons (Fsp3) is 0.333. The molecule has 4 rings (SSSR count). The molecule has 1 aromatic heterocycles. The number of nitrogens with zero attached hydrogens (tertiary/aromatic N) is 1. The molecule has 2 aliphatic rings. The number of aryl methyl sites for hydroxylation is 1. The van der Waals surface area contributed by atoms with Crippen molar-refractivity contribution >= 4 is 22.6 Å². The summed E-state index contributed by atoms with van der Waals surface area (Å²) in [7, 11) is 0. The van der Waals surface area contributed by atoms with Crippen LogP contribution in [0, 0.1) is 18.3 Å². The number of aromatic nitrogens is 1. The van der Waals surface area contributed by atoms with Crippen LogP contribution in [0.15, 0.2) is 30.3 Å². The molecule has 1 aromatic carbocycles. The normalized spacial score (nSPS) is 27.7. The Morgan fingerprint density at radius 1 is 1.33 bits per heavy atom. The number of amides is 1. The number of carbonyl (C=O) groups is 1. The summed E-state index contributed by atoms with van der Waals surface area (Å²) >= 11 is 0. The Morgan fingerprint density at radius 2 is 2.06 bits per heavy atom. The third-order valence-corrected chi connectivity index (χ3v) is 4.22. The highest BCUT2D eigenvalue weighted by molar-refractivity contribution is 6.00. The van der Waals surface area contributed by atoms with Gasteiger partial charge in [-0.05, 0) is 49.4 Å². The van der Waals surface area contributed by atoms with Crippen molar-refractivity contribution in [3.63, 3.8) is 0 Å². The lowest BCUT2D eigenvalue weighted by molar-refractivity contribution is -0.119. The second-order valence-corrected chi connectivity index (χ2v) is 5.61. The van der Waals surface area contributed by atoms with Gasteiger partial charge in [0.25, 0.3) is 0 Å². The van der Waals surface area contributed by atoms with E-state index >= 15 is 0 Å². The van der Waals surface area contributed by atoms with Crippen molar-refractivity contribution < 1.29 is 4.79 Å². The average molecular weight is 238 g/mol. The number of hydrogen-bond acceptors (Lipinski definition) is 2. The number of rotatable bonds is 2. The zero-order chi connectivity index (χ0) is 12.3. The third kappa shape index (κ3) is 1.37. The Bertz CT molecular complexity index is 671. The fourth-order valence-corrected chi connectivity index (χ4v) is 2.61. The van der Waals surface area contributed by atoms with Crippen molar-refractivity contribution in [2.75, 3.05) is 5.32 Å². The van der Waals surface area contributed by atoms with Gasteiger partial charge in [0, 0.05) is 5.39 Å². The van der Waals surface area contributed by atoms with Crippen molar-refractivity contribution in [2.24, 2.45) is 11.3 Å². The van der Waals surface area contributed by atoms with Crippen LogP contribution >= 0.6 is 0 Å². The Balaban J connectivity index is 1.66. The highest BCUT2D eigenvalue weighted by Gasteiger charge is 2.74. The molecule has 0 radical (unpaired) electrons. The van der Waals surface area contributed by atoms with Crippen LogP contribution < -0.4 is 5.32 Å². The SMILES string of the molecule is Cc1ccc2ccc(NC(=O)C34CC3C4)nc2c1. The van der Waals surface area contributed by atoms with Crippen LogP contribution in [0.1, 0.15) is 18.4 Å². The molecule has 2 aliphatic carbocycles. The maximum atomic E-state index is 12.0. The van der Waals surface area contributed by atoms with Crippen LogP contribution in [0.3, 0.4) is 0 Å². The number of nitrogens with one attached hydrogen (secondary N) is 1. The smallest absolute Gasteiger partial charge is 0.232 e. The first-order chi connectivity index (χ1) is 8.67. The predicted molar refractivity (Wildman–Crippen MR) is 70.3 cm³/mol. The van der Waals surface area contributed by atoms with Gasteiger partial charge in [-0.15, -0.1) is 0 Å². The number of hydrogen-bond donors (Lipinski definition) is 1. The maximum absolute atomic E-state index is 12.0. The molecule has 0 aliphatic heterocycles. The summed E-state index contributed by atoms with van der Waals surface area (Å²) in [5.74, 6) is 1.50. The van der Waals surface area contributed by atoms with Crippen molar-refractivity contribution in [3.8, 4) is 0 Å². The quantitative estimate of drug-likeness (QED) is 0.874. The molecule has 90 valence electrons. The molecule has 2 saturated carbocycles. The Hall–Kier alpha value is -1.90. The van der Waals surface area contributed by atoms with Gasteiger partial charge in [0.15, 0.2) is 0 Å². The maximum Gasteiger partial charge on any atom is 0.232 e. The first-order valence-electron chi connectivity index (χ1n) is 6.36. The molecule has 1 heterocycles. The minimum Gasteiger partial charge on any atom is -0.310 e. The first-order valence-corrected chi connectivity index (χ1v) is 6.36. The van der Waals surface area contributed by atoms with E-state index in [1.54, 1.807) is 0 Å². The third-order valence-electron chi connectivity index (χ3n) is 4.22. The van der Waals surface area contributed by atoms with Crippen LogP contribution in [0.4, 0.5) is 5.82 Å². The topological polar surface area (TPSA) is 42.0 Å². The number of fused-ring (bicyclic) bond motifs is 2. The molecule has 0 atom stereocenters. The van der Waals surface area contributed by atoms with Crippen molar-refractivity contribution in [1.29, 1.82) is 0 Å². The number of carbonyl (C=O) groups excluding carboxylic acids is 1. The van der Waals surface area contributed by atoms with Crippen molar-refractivity contribution in [3.05, 3.63) is 35.9 Å². The second-order valence-electron chi connectivity index (χ2n) is 5.61. The first kappa shape index (κ1) is 10.1. The minimum absolute atomic E-state index is 0.00322. The average Bonchev–Trinajstić information content (AvgIpc) is 3.16. The lowest BCUT2D eigenvalue weighted by Gasteiger charge is -2.07. The van der Waals surface area contributed by atoms with Gasteiger partial charge in [-0.3, -0.25) is 4.79 Å². The van der Waals surface area contributed by atoms with E-state index in [4.69, 9.17) is 0 Å². The van der Waals surface area contributed by atoms with Gasteiger partial charge in [-0.25, -0.2) is 4.98 Å². The van der Waals surface area contributed by atoms with Crippen molar-refractivity contribution in [2.45, 2.75) is 19.8 Å². The van der Waals surface area contributed by atoms with Gasteiger partial charge in [0.2, 0.25) is 5.91 Å². The highest BCUT2D eigenvalue weighted by Crippen LogP contribution is 2.75. The lowest BCUT2D eigenvalue weighted by atomic mass is 10.1. The number of anilines is 1. The van der Waals surface area contributed by atoms with E-state index in [0.29, 0.717) is 11.7 Å². The standard InChI is InChI=1S/C15H14N2O/c1-9-2-3-10-4-5-13(16-12(10)6-9)17-14(18)15-7-11(15)8-15/h2-6,11H,7-8H2,1H3,(H,16,17,18). The summed E-state index contributed by atoms with van der Waals surface area (Å²) < 4.78 is 0. The summed E-state index contributed by atoms with van der Waals surface area (Å²) in [6, 6.07) is 10.1. The molecule has 0 spiro atoms. The number of pyridine rings is 1. The molecule has 3 heteroatoms. The van der Waals surface area contributed by atoms with E-state index in [2.05, 4.69) is 22.4 Å². The summed E-state index contributed by atoms with van der Waals surface area (Å²) in [4.78, 5) is 16.5. The molecular weight excluding hydrogens is 224 g/mol. The van der Waals surface area contributed by atoms with E-state index in [-0.39, 0.29) is 11.3 Å². The van der Waals surface area contributed by atoms with Gasteiger partial charge in [0.05, 0.1) is 10.9 Å². The van der Waals surface area contributed by atoms with Crippen LogP contribution in [0.5, 0.6) is 0 Å². The molecule has 0 saturated heterocycles. The molecule has 18 heavy (non-hydrogen) atoms. The number of benzene rings is 1. The Kier molecular flexibility index (Phi) is 1.74. The summed E-state index contributed by atoms with van der Waals surface area (Å²) in [6.07, 6.45) is 2.15. The van der Waals surface area contributed by atoms with Gasteiger partial charge >= 0.3 is 0 Å². The zero-order valence-electron chi connectivity index (χ0n) is 10.2. The van der Waals surface area contributed by atoms with Crippen LogP contribution in [0.2, 0.25) is 0 Å². The fourth-order valence-electron chi connectivity index (χ4n) is 2.61. The van der Waals surface area contributed by atoms with Gasteiger partial charge in [-0.2, -0.15) is 0 Å². The van der Waals surface area contributed by atoms with Gasteiger partial charge < -0.3 is 5.32 Å². The van der Waals surface area contributed by atoms with Crippen LogP contribution in [-0.4, -0.2) is 10.9 Å². The van der Waals surface area contributed by atoms with Crippen LogP contribution in [-0.2, 0) is 4.79 Å². The van der Waals surface area contributed by atoms with E-state index in [1.165, 1.54) is 5.56 Å². The molecular formula is C15H14N2O. The van der Waals surface area contributed by atoms with E-state index in [0.717, 1.165) is 23.7 Å². The van der Waals surface area contributed by atoms with Crippen LogP contribution in [0.25, 0.3) is 10.9 Å². The molecule has 1 amide bonds. The molecule has 0 unspecified atom stereocenters. The van der Waals surface area contributed by atoms with E-state index in [9.17, 15) is 4.79 Å². The monoisotopic (exact) mass is 238 g/mol. The van der Waals surface area contributed by atoms with Gasteiger partial charge in [0.1, 0.15) is 5.82 Å². The van der Waals surface area contributed by atoms with E-state index in [1.807, 2.05) is 25.1 Å². The van der Waals surface area contributed by atoms with E-state index < -0.39 is 0 Å². The lowest BCUT2D eigenvalue weighted by Crippen LogP contribution is -2.18. The summed E-state index contributed by atoms with van der Waals surface area (Å²) in [6.45, 7) is 2.05. The molecule has 3 nitrogen and oxygen atoms in total. The zero-order valence-corrected chi connectivity index (χ0v) is 10.2. The summed E-state index contributed by atoms with van der Waals surface area (Å²) in [5, 5.41) is 4.05. The Labute approximate surface area is 105 Å². The predicted octanol–water partition coefficient (Wildman–Crippen LogP) is 2.89. The second kappa shape index (κ2) is 3.10. The molecule has 2 aromatic rings. The Morgan fingerprint density at radius 3 is 2.78 bits per heavy atom.